The van der Waals surface area contributed by atoms with Gasteiger partial charge in [-0.1, -0.05) is 6.07 Å². The second-order valence-corrected chi connectivity index (χ2v) is 8.89. The Hall–Kier alpha value is -2.53. The number of piperidine rings is 1. The predicted octanol–water partition coefficient (Wildman–Crippen LogP) is 4.18. The third kappa shape index (κ3) is 6.53. The first-order valence-electron chi connectivity index (χ1n) is 11.5. The quantitative estimate of drug-likeness (QED) is 0.514. The van der Waals surface area contributed by atoms with Crippen LogP contribution in [0, 0.1) is 11.8 Å². The molecule has 2 aliphatic heterocycles. The Bertz CT molecular complexity index is 958. The maximum absolute atomic E-state index is 12.6. The van der Waals surface area contributed by atoms with Crippen molar-refractivity contribution in [1.29, 1.82) is 0 Å². The average molecular weight is 486 g/mol. The molecule has 8 nitrogen and oxygen atoms in total. The van der Waals surface area contributed by atoms with Crippen LogP contribution in [0.2, 0.25) is 0 Å². The van der Waals surface area contributed by atoms with Crippen molar-refractivity contribution in [2.75, 3.05) is 39.6 Å². The lowest BCUT2D eigenvalue weighted by molar-refractivity contribution is -0.159. The van der Waals surface area contributed by atoms with Gasteiger partial charge in [-0.15, -0.1) is 0 Å². The highest BCUT2D eigenvalue weighted by Gasteiger charge is 2.30. The van der Waals surface area contributed by atoms with Gasteiger partial charge < -0.3 is 23.5 Å². The molecule has 2 atom stereocenters. The van der Waals surface area contributed by atoms with Crippen LogP contribution in [-0.4, -0.2) is 67.9 Å². The highest BCUT2D eigenvalue weighted by molar-refractivity contribution is 5.88. The van der Waals surface area contributed by atoms with E-state index < -0.39 is 12.8 Å². The van der Waals surface area contributed by atoms with Crippen molar-refractivity contribution in [1.82, 2.24) is 10.1 Å². The van der Waals surface area contributed by atoms with Crippen LogP contribution in [0.5, 0.6) is 11.6 Å². The first kappa shape index (κ1) is 24.6. The molecule has 11 heteroatoms. The van der Waals surface area contributed by atoms with E-state index in [-0.39, 0.29) is 42.3 Å². The second kappa shape index (κ2) is 10.8. The van der Waals surface area contributed by atoms with Crippen LogP contribution in [0.4, 0.5) is 13.2 Å². The molecule has 2 aromatic rings. The van der Waals surface area contributed by atoms with Gasteiger partial charge in [0, 0.05) is 19.7 Å². The molecule has 2 saturated heterocycles. The summed E-state index contributed by atoms with van der Waals surface area (Å²) < 4.78 is 64.6. The number of esters is 1. The topological polar surface area (TPSA) is 83.3 Å². The van der Waals surface area contributed by atoms with E-state index in [2.05, 4.69) is 10.1 Å². The van der Waals surface area contributed by atoms with E-state index in [0.717, 1.165) is 25.9 Å². The van der Waals surface area contributed by atoms with Gasteiger partial charge in [-0.25, -0.2) is 0 Å². The van der Waals surface area contributed by atoms with Crippen molar-refractivity contribution in [3.05, 3.63) is 18.2 Å². The molecule has 0 N–H and O–H groups in total. The van der Waals surface area contributed by atoms with Crippen molar-refractivity contribution in [3.8, 4) is 11.6 Å². The lowest BCUT2D eigenvalue weighted by Crippen LogP contribution is -2.39. The summed E-state index contributed by atoms with van der Waals surface area (Å²) in [6.07, 6.45) is -1.32. The number of aromatic nitrogens is 1. The number of nitrogens with zero attached hydrogens (tertiary/aromatic N) is 2. The zero-order valence-electron chi connectivity index (χ0n) is 19.0. The van der Waals surface area contributed by atoms with Gasteiger partial charge in [-0.3, -0.25) is 9.69 Å². The largest absolute Gasteiger partial charge is 0.483 e. The third-order valence-corrected chi connectivity index (χ3v) is 6.19. The number of carbonyl (C=O) groups excluding carboxylic acids is 1. The van der Waals surface area contributed by atoms with Crippen LogP contribution in [0.3, 0.4) is 0 Å². The zero-order valence-corrected chi connectivity index (χ0v) is 19.0. The number of halogens is 3. The molecule has 2 aliphatic rings. The number of hydrogen-bond donors (Lipinski definition) is 0. The van der Waals surface area contributed by atoms with Crippen LogP contribution in [0.15, 0.2) is 22.7 Å². The van der Waals surface area contributed by atoms with Crippen molar-refractivity contribution in [3.63, 3.8) is 0 Å². The minimum atomic E-state index is -4.45. The number of fused-ring (bicyclic) bond motifs is 1. The van der Waals surface area contributed by atoms with Gasteiger partial charge >= 0.3 is 12.1 Å². The molecule has 0 bridgehead atoms. The molecule has 1 aromatic carbocycles. The summed E-state index contributed by atoms with van der Waals surface area (Å²) in [6.45, 7) is 3.27. The average Bonchev–Trinajstić information content (AvgIpc) is 3.24. The van der Waals surface area contributed by atoms with Gasteiger partial charge in [0.15, 0.2) is 12.2 Å². The van der Waals surface area contributed by atoms with Crippen molar-refractivity contribution < 1.29 is 41.4 Å². The molecule has 0 saturated carbocycles. The van der Waals surface area contributed by atoms with Crippen LogP contribution in [0.1, 0.15) is 32.6 Å². The van der Waals surface area contributed by atoms with E-state index in [1.165, 1.54) is 12.1 Å². The molecule has 34 heavy (non-hydrogen) atoms. The van der Waals surface area contributed by atoms with E-state index in [4.69, 9.17) is 23.5 Å². The van der Waals surface area contributed by atoms with Crippen molar-refractivity contribution in [2.24, 2.45) is 11.8 Å². The molecule has 0 aliphatic carbocycles. The maximum atomic E-state index is 12.6. The number of carbonyl (C=O) groups is 1. The van der Waals surface area contributed by atoms with Gasteiger partial charge in [0.25, 0.3) is 5.88 Å². The number of benzene rings is 1. The van der Waals surface area contributed by atoms with Gasteiger partial charge in [0.1, 0.15) is 17.9 Å². The Morgan fingerprint density at radius 1 is 1.21 bits per heavy atom. The molecule has 3 heterocycles. The van der Waals surface area contributed by atoms with E-state index >= 15 is 0 Å². The van der Waals surface area contributed by atoms with Gasteiger partial charge in [-0.05, 0) is 55.8 Å². The molecular weight excluding hydrogens is 457 g/mol. The summed E-state index contributed by atoms with van der Waals surface area (Å²) in [5.74, 6) is 0.105. The van der Waals surface area contributed by atoms with E-state index in [1.54, 1.807) is 6.07 Å². The fourth-order valence-electron chi connectivity index (χ4n) is 4.28. The summed E-state index contributed by atoms with van der Waals surface area (Å²) in [5, 5.41) is 4.15. The Morgan fingerprint density at radius 2 is 2.00 bits per heavy atom. The normalized spacial score (nSPS) is 22.6. The van der Waals surface area contributed by atoms with E-state index in [9.17, 15) is 18.0 Å². The monoisotopic (exact) mass is 486 g/mol. The first-order valence-corrected chi connectivity index (χ1v) is 11.5. The molecule has 0 amide bonds. The van der Waals surface area contributed by atoms with Crippen LogP contribution >= 0.6 is 0 Å². The minimum Gasteiger partial charge on any atom is -0.483 e. The molecule has 1 aromatic heterocycles. The van der Waals surface area contributed by atoms with Gasteiger partial charge in [0.2, 0.25) is 0 Å². The van der Waals surface area contributed by atoms with Crippen LogP contribution in [0.25, 0.3) is 11.0 Å². The van der Waals surface area contributed by atoms with Gasteiger partial charge in [0.05, 0.1) is 18.6 Å². The number of ether oxygens (including phenoxy) is 4. The Morgan fingerprint density at radius 3 is 2.74 bits per heavy atom. The van der Waals surface area contributed by atoms with Crippen LogP contribution in [-0.2, 0) is 14.3 Å². The fraction of sp³-hybridized carbons (Fsp3) is 0.652. The molecule has 2 fully saturated rings. The highest BCUT2D eigenvalue weighted by atomic mass is 19.4. The van der Waals surface area contributed by atoms with E-state index in [1.807, 2.05) is 6.92 Å². The summed E-state index contributed by atoms with van der Waals surface area (Å²) in [6, 6.07) is 4.56. The standard InChI is InChI=1S/C23H29F3N2O6/c1-15-11-17(7-10-30-15)22(29)33-14-28-8-5-16(6-9-28)12-31-21-20-18(32-13-23(24,25)26)3-2-4-19(20)34-27-21/h2-4,15-17H,5-14H2,1H3. The van der Waals surface area contributed by atoms with E-state index in [0.29, 0.717) is 37.0 Å². The number of likely N-dealkylation sites (tertiary alicyclic amines) is 1. The highest BCUT2D eigenvalue weighted by Crippen LogP contribution is 2.35. The number of alkyl halides is 3. The molecule has 0 radical (unpaired) electrons. The lowest BCUT2D eigenvalue weighted by atomic mass is 9.96. The van der Waals surface area contributed by atoms with Crippen LogP contribution < -0.4 is 9.47 Å². The molecule has 2 unspecified atom stereocenters. The number of rotatable bonds is 8. The summed E-state index contributed by atoms with van der Waals surface area (Å²) in [4.78, 5) is 14.4. The second-order valence-electron chi connectivity index (χ2n) is 8.89. The summed E-state index contributed by atoms with van der Waals surface area (Å²) in [5.41, 5.74) is 0.297. The molecular formula is C23H29F3N2O6. The van der Waals surface area contributed by atoms with Crippen molar-refractivity contribution >= 4 is 16.9 Å². The summed E-state index contributed by atoms with van der Waals surface area (Å²) >= 11 is 0. The molecule has 0 spiro atoms. The van der Waals surface area contributed by atoms with Crippen molar-refractivity contribution in [2.45, 2.75) is 44.9 Å². The molecule has 188 valence electrons. The Labute approximate surface area is 195 Å². The zero-order chi connectivity index (χ0) is 24.1. The Balaban J connectivity index is 1.23. The summed E-state index contributed by atoms with van der Waals surface area (Å²) in [7, 11) is 0. The lowest BCUT2D eigenvalue weighted by Gasteiger charge is -2.32. The Kier molecular flexibility index (Phi) is 7.82. The fourth-order valence-corrected chi connectivity index (χ4v) is 4.28. The maximum Gasteiger partial charge on any atom is 0.422 e. The number of hydrogen-bond acceptors (Lipinski definition) is 8. The van der Waals surface area contributed by atoms with Gasteiger partial charge in [-0.2, -0.15) is 13.2 Å². The third-order valence-electron chi connectivity index (χ3n) is 6.19. The predicted molar refractivity (Wildman–Crippen MR) is 114 cm³/mol. The smallest absolute Gasteiger partial charge is 0.422 e. The molecule has 4 rings (SSSR count). The first-order chi connectivity index (χ1) is 16.3. The SMILES string of the molecule is CC1CC(C(=O)OCN2CCC(COc3noc4cccc(OCC(F)(F)F)c34)CC2)CCO1. The minimum absolute atomic E-state index is 0.0154.